The molecular weight excluding hydrogens is 496 g/mol. The minimum atomic E-state index is -1.21. The molecule has 1 saturated heterocycles. The van der Waals surface area contributed by atoms with Crippen molar-refractivity contribution in [2.24, 2.45) is 0 Å². The summed E-state index contributed by atoms with van der Waals surface area (Å²) >= 11 is 1.66. The third-order valence-electron chi connectivity index (χ3n) is 6.39. The number of fused-ring (bicyclic) bond motifs is 2. The van der Waals surface area contributed by atoms with E-state index in [1.165, 1.54) is 0 Å². The van der Waals surface area contributed by atoms with Crippen LogP contribution >= 0.6 is 11.3 Å². The van der Waals surface area contributed by atoms with Gasteiger partial charge < -0.3 is 40.5 Å². The normalized spacial score (nSPS) is 21.7. The molecule has 1 fully saturated rings. The van der Waals surface area contributed by atoms with Crippen molar-refractivity contribution in [2.75, 3.05) is 38.2 Å². The van der Waals surface area contributed by atoms with Gasteiger partial charge in [0.05, 0.1) is 37.4 Å². The molecular formula is C26H32N4O6S. The molecule has 0 bridgehead atoms. The predicted octanol–water partition coefficient (Wildman–Crippen LogP) is 1.83. The summed E-state index contributed by atoms with van der Waals surface area (Å²) < 4.78 is 14.5. The second-order valence-corrected chi connectivity index (χ2v) is 10.1. The number of ether oxygens (including phenoxy) is 2. The maximum atomic E-state index is 10.7. The molecule has 1 aliphatic heterocycles. The lowest BCUT2D eigenvalue weighted by molar-refractivity contribution is -0.0499. The highest BCUT2D eigenvalue weighted by atomic mass is 32.1. The van der Waals surface area contributed by atoms with E-state index in [2.05, 4.69) is 16.7 Å². The number of aliphatic hydroxyl groups is 4. The minimum absolute atomic E-state index is 0.134. The number of imidazole rings is 1. The average Bonchev–Trinajstić information content (AvgIpc) is 3.57. The Morgan fingerprint density at radius 1 is 1.05 bits per heavy atom. The molecule has 0 radical (unpaired) electrons. The van der Waals surface area contributed by atoms with Crippen LogP contribution in [0.15, 0.2) is 48.5 Å². The maximum Gasteiger partial charge on any atom is 0.206 e. The van der Waals surface area contributed by atoms with E-state index in [0.29, 0.717) is 25.6 Å². The molecule has 0 saturated carbocycles. The van der Waals surface area contributed by atoms with Gasteiger partial charge in [-0.2, -0.15) is 0 Å². The Balaban J connectivity index is 1.30. The number of nitrogens with zero attached hydrogens (tertiary/aromatic N) is 2. The van der Waals surface area contributed by atoms with E-state index >= 15 is 0 Å². The van der Waals surface area contributed by atoms with Crippen LogP contribution in [0.1, 0.15) is 17.5 Å². The molecule has 4 aromatic rings. The van der Waals surface area contributed by atoms with Crippen LogP contribution in [0, 0.1) is 0 Å². The first-order chi connectivity index (χ1) is 18.1. The quantitative estimate of drug-likeness (QED) is 0.152. The maximum absolute atomic E-state index is 10.7. The number of thiophene rings is 1. The largest absolute Gasteiger partial charge is 0.493 e. The highest BCUT2D eigenvalue weighted by Crippen LogP contribution is 2.35. The predicted molar refractivity (Wildman–Crippen MR) is 142 cm³/mol. The van der Waals surface area contributed by atoms with E-state index in [9.17, 15) is 15.3 Å². The molecule has 5 rings (SSSR count). The van der Waals surface area contributed by atoms with Gasteiger partial charge >= 0.3 is 0 Å². The van der Waals surface area contributed by atoms with Crippen LogP contribution in [0.5, 0.6) is 5.75 Å². The van der Waals surface area contributed by atoms with E-state index in [-0.39, 0.29) is 6.61 Å². The summed E-state index contributed by atoms with van der Waals surface area (Å²) in [4.78, 5) is 5.79. The summed E-state index contributed by atoms with van der Waals surface area (Å²) in [5, 5.41) is 46.9. The molecule has 3 heterocycles. The van der Waals surface area contributed by atoms with Gasteiger partial charge in [-0.25, -0.2) is 4.98 Å². The molecule has 198 valence electrons. The van der Waals surface area contributed by atoms with E-state index in [4.69, 9.17) is 19.6 Å². The third-order valence-corrected chi connectivity index (χ3v) is 7.48. The van der Waals surface area contributed by atoms with Crippen LogP contribution in [-0.2, 0) is 11.3 Å². The SMILES string of the molecule is OCCNCCCOc1ccc2cc(CNc3nc4ccccc4n3[C@@H]3O[C@H](CO)[C@@H](O)[C@H]3O)sc2c1. The van der Waals surface area contributed by atoms with Gasteiger partial charge in [0.2, 0.25) is 5.95 Å². The van der Waals surface area contributed by atoms with Gasteiger partial charge in [-0.15, -0.1) is 11.3 Å². The van der Waals surface area contributed by atoms with Gasteiger partial charge in [0.1, 0.15) is 24.1 Å². The van der Waals surface area contributed by atoms with Crippen molar-refractivity contribution >= 4 is 38.4 Å². The van der Waals surface area contributed by atoms with Gasteiger partial charge in [0.25, 0.3) is 0 Å². The van der Waals surface area contributed by atoms with Crippen molar-refractivity contribution in [1.29, 1.82) is 0 Å². The van der Waals surface area contributed by atoms with Crippen molar-refractivity contribution < 1.29 is 29.9 Å². The number of aliphatic hydroxyl groups excluding tert-OH is 4. The molecule has 2 aromatic carbocycles. The fourth-order valence-corrected chi connectivity index (χ4v) is 5.55. The summed E-state index contributed by atoms with van der Waals surface area (Å²) in [6.45, 7) is 2.23. The first kappa shape index (κ1) is 25.9. The van der Waals surface area contributed by atoms with Crippen LogP contribution in [0.25, 0.3) is 21.1 Å². The molecule has 6 N–H and O–H groups in total. The Labute approximate surface area is 218 Å². The van der Waals surface area contributed by atoms with Crippen molar-refractivity contribution in [3.8, 4) is 5.75 Å². The van der Waals surface area contributed by atoms with Gasteiger partial charge in [0.15, 0.2) is 6.23 Å². The number of nitrogens with one attached hydrogen (secondary N) is 2. The molecule has 2 aromatic heterocycles. The van der Waals surface area contributed by atoms with Gasteiger partial charge in [-0.05, 0) is 54.8 Å². The zero-order chi connectivity index (χ0) is 25.8. The fraction of sp³-hybridized carbons (Fsp3) is 0.423. The number of hydrogen-bond donors (Lipinski definition) is 6. The molecule has 0 spiro atoms. The van der Waals surface area contributed by atoms with Crippen molar-refractivity contribution in [3.63, 3.8) is 0 Å². The number of anilines is 1. The highest BCUT2D eigenvalue weighted by Gasteiger charge is 2.44. The molecule has 37 heavy (non-hydrogen) atoms. The summed E-state index contributed by atoms with van der Waals surface area (Å²) in [6, 6.07) is 15.7. The lowest BCUT2D eigenvalue weighted by Crippen LogP contribution is -2.33. The summed E-state index contributed by atoms with van der Waals surface area (Å²) in [5.41, 5.74) is 1.48. The Morgan fingerprint density at radius 3 is 2.73 bits per heavy atom. The molecule has 11 heteroatoms. The Bertz CT molecular complexity index is 1330. The van der Waals surface area contributed by atoms with Crippen molar-refractivity contribution in [3.05, 3.63) is 53.4 Å². The lowest BCUT2D eigenvalue weighted by Gasteiger charge is -2.20. The second kappa shape index (κ2) is 11.7. The lowest BCUT2D eigenvalue weighted by atomic mass is 10.1. The molecule has 0 unspecified atom stereocenters. The van der Waals surface area contributed by atoms with E-state index in [1.54, 1.807) is 15.9 Å². The third kappa shape index (κ3) is 5.58. The fourth-order valence-electron chi connectivity index (χ4n) is 4.52. The molecule has 4 atom stereocenters. The first-order valence-electron chi connectivity index (χ1n) is 12.4. The summed E-state index contributed by atoms with van der Waals surface area (Å²) in [6.07, 6.45) is -3.30. The smallest absolute Gasteiger partial charge is 0.206 e. The molecule has 0 amide bonds. The Morgan fingerprint density at radius 2 is 1.92 bits per heavy atom. The van der Waals surface area contributed by atoms with Crippen LogP contribution in [0.2, 0.25) is 0 Å². The standard InChI is InChI=1S/C26H32N4O6S/c31-10-9-27-8-3-11-35-17-7-6-16-12-18(37-22(16)13-17)14-28-26-29-19-4-1-2-5-20(19)30(26)25-24(34)23(33)21(15-32)36-25/h1-2,4-7,12-13,21,23-25,27,31-34H,3,8-11,14-15H2,(H,28,29)/t21-,23-,24-,25-/m1/s1. The van der Waals surface area contributed by atoms with Crippen molar-refractivity contribution in [1.82, 2.24) is 14.9 Å². The summed E-state index contributed by atoms with van der Waals surface area (Å²) in [5.74, 6) is 1.33. The van der Waals surface area contributed by atoms with Crippen LogP contribution in [0.3, 0.4) is 0 Å². The van der Waals surface area contributed by atoms with E-state index in [0.717, 1.165) is 44.7 Å². The zero-order valence-corrected chi connectivity index (χ0v) is 21.1. The van der Waals surface area contributed by atoms with Gasteiger partial charge in [0, 0.05) is 16.1 Å². The van der Waals surface area contributed by atoms with Crippen LogP contribution in [0.4, 0.5) is 5.95 Å². The molecule has 10 nitrogen and oxygen atoms in total. The number of hydrogen-bond acceptors (Lipinski definition) is 10. The number of rotatable bonds is 12. The van der Waals surface area contributed by atoms with Crippen LogP contribution in [-0.4, -0.2) is 81.2 Å². The van der Waals surface area contributed by atoms with Gasteiger partial charge in [-0.1, -0.05) is 12.1 Å². The topological polar surface area (TPSA) is 141 Å². The monoisotopic (exact) mass is 528 g/mol. The zero-order valence-electron chi connectivity index (χ0n) is 20.3. The number of para-hydroxylation sites is 2. The number of aromatic nitrogens is 2. The highest BCUT2D eigenvalue weighted by molar-refractivity contribution is 7.19. The van der Waals surface area contributed by atoms with E-state index < -0.39 is 31.1 Å². The Kier molecular flexibility index (Phi) is 8.20. The van der Waals surface area contributed by atoms with Gasteiger partial charge in [-0.3, -0.25) is 4.57 Å². The second-order valence-electron chi connectivity index (χ2n) is 8.96. The molecule has 1 aliphatic rings. The molecule has 0 aliphatic carbocycles. The van der Waals surface area contributed by atoms with Crippen molar-refractivity contribution in [2.45, 2.75) is 37.5 Å². The average molecular weight is 529 g/mol. The van der Waals surface area contributed by atoms with E-state index in [1.807, 2.05) is 42.5 Å². The minimum Gasteiger partial charge on any atom is -0.493 e. The van der Waals surface area contributed by atoms with Crippen LogP contribution < -0.4 is 15.4 Å². The summed E-state index contributed by atoms with van der Waals surface area (Å²) in [7, 11) is 0. The Hall–Kier alpha value is -2.77. The first-order valence-corrected chi connectivity index (χ1v) is 13.2. The number of benzene rings is 2.